The molecule has 35 heavy (non-hydrogen) atoms. The Morgan fingerprint density at radius 1 is 0.714 bits per heavy atom. The Labute approximate surface area is 201 Å². The molecule has 0 aliphatic carbocycles. The van der Waals surface area contributed by atoms with Crippen molar-refractivity contribution in [3.63, 3.8) is 0 Å². The molecule has 0 aliphatic rings. The van der Waals surface area contributed by atoms with Gasteiger partial charge in [0.2, 0.25) is 23.6 Å². The third-order valence-corrected chi connectivity index (χ3v) is 4.65. The molecule has 0 fully saturated rings. The second-order valence-electron chi connectivity index (χ2n) is 8.29. The molecule has 10 N–H and O–H groups in total. The van der Waals surface area contributed by atoms with Gasteiger partial charge in [0.05, 0.1) is 12.5 Å². The summed E-state index contributed by atoms with van der Waals surface area (Å²) in [7, 11) is 0. The van der Waals surface area contributed by atoms with E-state index in [0.29, 0.717) is 0 Å². The maximum absolute atomic E-state index is 12.8. The Balaban J connectivity index is 5.57. The molecule has 198 valence electrons. The van der Waals surface area contributed by atoms with Gasteiger partial charge in [-0.2, -0.15) is 0 Å². The number of hydrogen-bond acceptors (Lipinski definition) is 8. The van der Waals surface area contributed by atoms with E-state index in [1.54, 1.807) is 13.8 Å². The molecule has 4 atom stereocenters. The first-order valence-corrected chi connectivity index (χ1v) is 10.7. The van der Waals surface area contributed by atoms with Crippen LogP contribution in [-0.2, 0) is 33.6 Å². The van der Waals surface area contributed by atoms with Gasteiger partial charge in [0.25, 0.3) is 0 Å². The summed E-state index contributed by atoms with van der Waals surface area (Å²) in [5.74, 6) is -8.06. The summed E-state index contributed by atoms with van der Waals surface area (Å²) in [4.78, 5) is 82.1. The number of carboxylic acids is 3. The lowest BCUT2D eigenvalue weighted by Crippen LogP contribution is -2.57. The van der Waals surface area contributed by atoms with Gasteiger partial charge in [0.1, 0.15) is 18.1 Å². The average molecular weight is 504 g/mol. The molecule has 0 aromatic heterocycles. The molecule has 0 spiro atoms. The average Bonchev–Trinajstić information content (AvgIpc) is 2.72. The Morgan fingerprint density at radius 3 is 1.69 bits per heavy atom. The summed E-state index contributed by atoms with van der Waals surface area (Å²) in [6.45, 7) is 3.42. The smallest absolute Gasteiger partial charge is 0.326 e. The Kier molecular flexibility index (Phi) is 13.6. The standard InChI is InChI=1S/C20H33N5O10/c1-9(2)7-13(20(34)35)25-19(33)12(8-16(29)30)24-18(32)11(4-6-15(27)28)23-17(31)10(21)3-5-14(22)26/h9-13H,3-8,21H2,1-2H3,(H2,22,26)(H,23,31)(H,24,32)(H,25,33)(H,27,28)(H,29,30)(H,34,35). The van der Waals surface area contributed by atoms with E-state index in [4.69, 9.17) is 21.7 Å². The van der Waals surface area contributed by atoms with Crippen molar-refractivity contribution in [1.82, 2.24) is 16.0 Å². The number of rotatable bonds is 17. The van der Waals surface area contributed by atoms with Crippen LogP contribution in [0.5, 0.6) is 0 Å². The van der Waals surface area contributed by atoms with Crippen molar-refractivity contribution in [3.8, 4) is 0 Å². The minimum atomic E-state index is -1.72. The number of hydrogen-bond donors (Lipinski definition) is 8. The van der Waals surface area contributed by atoms with E-state index in [0.717, 1.165) is 0 Å². The summed E-state index contributed by atoms with van der Waals surface area (Å²) in [5.41, 5.74) is 10.6. The van der Waals surface area contributed by atoms with Crippen molar-refractivity contribution in [2.24, 2.45) is 17.4 Å². The van der Waals surface area contributed by atoms with Gasteiger partial charge >= 0.3 is 17.9 Å². The fourth-order valence-electron chi connectivity index (χ4n) is 2.87. The van der Waals surface area contributed by atoms with Crippen LogP contribution in [0.4, 0.5) is 0 Å². The highest BCUT2D eigenvalue weighted by atomic mass is 16.4. The first-order chi connectivity index (χ1) is 16.1. The van der Waals surface area contributed by atoms with Gasteiger partial charge in [-0.1, -0.05) is 13.8 Å². The summed E-state index contributed by atoms with van der Waals surface area (Å²) in [6, 6.07) is -5.84. The highest BCUT2D eigenvalue weighted by Crippen LogP contribution is 2.07. The third kappa shape index (κ3) is 13.5. The lowest BCUT2D eigenvalue weighted by molar-refractivity contribution is -0.144. The summed E-state index contributed by atoms with van der Waals surface area (Å²) >= 11 is 0. The Bertz CT molecular complexity index is 816. The van der Waals surface area contributed by atoms with Crippen LogP contribution in [0.15, 0.2) is 0 Å². The van der Waals surface area contributed by atoms with Gasteiger partial charge in [0, 0.05) is 12.8 Å². The Hall–Kier alpha value is -3.75. The fraction of sp³-hybridized carbons (Fsp3) is 0.650. The van der Waals surface area contributed by atoms with Crippen LogP contribution >= 0.6 is 0 Å². The molecule has 0 aromatic carbocycles. The van der Waals surface area contributed by atoms with Gasteiger partial charge in [0.15, 0.2) is 0 Å². The number of nitrogens with one attached hydrogen (secondary N) is 3. The molecule has 0 heterocycles. The topological polar surface area (TPSA) is 268 Å². The summed E-state index contributed by atoms with van der Waals surface area (Å²) in [5, 5.41) is 33.8. The minimum Gasteiger partial charge on any atom is -0.481 e. The van der Waals surface area contributed by atoms with Gasteiger partial charge in [-0.3, -0.25) is 28.8 Å². The van der Waals surface area contributed by atoms with Crippen LogP contribution in [0.25, 0.3) is 0 Å². The van der Waals surface area contributed by atoms with E-state index in [1.807, 2.05) is 0 Å². The van der Waals surface area contributed by atoms with Gasteiger partial charge < -0.3 is 42.7 Å². The summed E-state index contributed by atoms with van der Waals surface area (Å²) in [6.07, 6.45) is -2.24. The van der Waals surface area contributed by atoms with Gasteiger partial charge in [-0.05, 0) is 25.2 Å². The first kappa shape index (κ1) is 31.2. The lowest BCUT2D eigenvalue weighted by Gasteiger charge is -2.24. The highest BCUT2D eigenvalue weighted by molar-refractivity contribution is 5.95. The van der Waals surface area contributed by atoms with E-state index in [-0.39, 0.29) is 25.2 Å². The van der Waals surface area contributed by atoms with Crippen molar-refractivity contribution in [2.45, 2.75) is 76.5 Å². The normalized spacial score (nSPS) is 14.2. The molecule has 0 rings (SSSR count). The molecule has 15 heteroatoms. The van der Waals surface area contributed by atoms with Gasteiger partial charge in [-0.15, -0.1) is 0 Å². The molecule has 0 saturated heterocycles. The molecule has 4 unspecified atom stereocenters. The second-order valence-corrected chi connectivity index (χ2v) is 8.29. The van der Waals surface area contributed by atoms with Crippen LogP contribution in [0.3, 0.4) is 0 Å². The van der Waals surface area contributed by atoms with Crippen molar-refractivity contribution in [2.75, 3.05) is 0 Å². The third-order valence-electron chi connectivity index (χ3n) is 4.65. The number of carbonyl (C=O) groups is 7. The fourth-order valence-corrected chi connectivity index (χ4v) is 2.87. The number of carboxylic acid groups (broad SMARTS) is 3. The molecule has 0 saturated carbocycles. The highest BCUT2D eigenvalue weighted by Gasteiger charge is 2.32. The van der Waals surface area contributed by atoms with Crippen molar-refractivity contribution in [3.05, 3.63) is 0 Å². The molecule has 0 radical (unpaired) electrons. The Morgan fingerprint density at radius 2 is 1.23 bits per heavy atom. The van der Waals surface area contributed by atoms with E-state index in [9.17, 15) is 38.7 Å². The zero-order valence-corrected chi connectivity index (χ0v) is 19.5. The van der Waals surface area contributed by atoms with Gasteiger partial charge in [-0.25, -0.2) is 4.79 Å². The molecule has 4 amide bonds. The quantitative estimate of drug-likeness (QED) is 0.103. The predicted molar refractivity (Wildman–Crippen MR) is 118 cm³/mol. The van der Waals surface area contributed by atoms with E-state index >= 15 is 0 Å². The zero-order chi connectivity index (χ0) is 27.3. The van der Waals surface area contributed by atoms with E-state index in [2.05, 4.69) is 16.0 Å². The number of amides is 4. The molecular formula is C20H33N5O10. The molecular weight excluding hydrogens is 470 g/mol. The minimum absolute atomic E-state index is 0.0370. The molecule has 0 aliphatic heterocycles. The monoisotopic (exact) mass is 503 g/mol. The second kappa shape index (κ2) is 15.2. The van der Waals surface area contributed by atoms with Crippen molar-refractivity contribution in [1.29, 1.82) is 0 Å². The van der Waals surface area contributed by atoms with Crippen LogP contribution in [0.2, 0.25) is 0 Å². The zero-order valence-electron chi connectivity index (χ0n) is 19.5. The SMILES string of the molecule is CC(C)CC(NC(=O)C(CC(=O)O)NC(=O)C(CCC(=O)O)NC(=O)C(N)CCC(N)=O)C(=O)O. The molecule has 15 nitrogen and oxygen atoms in total. The number of nitrogens with two attached hydrogens (primary N) is 2. The predicted octanol–water partition coefficient (Wildman–Crippen LogP) is -2.50. The largest absolute Gasteiger partial charge is 0.481 e. The van der Waals surface area contributed by atoms with Crippen LogP contribution < -0.4 is 27.4 Å². The van der Waals surface area contributed by atoms with Crippen LogP contribution in [-0.4, -0.2) is 81.0 Å². The molecule has 0 aromatic rings. The lowest BCUT2D eigenvalue weighted by atomic mass is 10.0. The van der Waals surface area contributed by atoms with Crippen molar-refractivity contribution >= 4 is 41.5 Å². The van der Waals surface area contributed by atoms with Crippen LogP contribution in [0, 0.1) is 5.92 Å². The maximum Gasteiger partial charge on any atom is 0.326 e. The first-order valence-electron chi connectivity index (χ1n) is 10.7. The number of aliphatic carboxylic acids is 3. The number of primary amides is 1. The van der Waals surface area contributed by atoms with E-state index in [1.165, 1.54) is 0 Å². The van der Waals surface area contributed by atoms with Crippen LogP contribution in [0.1, 0.15) is 52.4 Å². The van der Waals surface area contributed by atoms with E-state index < -0.39 is 85.0 Å². The van der Waals surface area contributed by atoms with Crippen molar-refractivity contribution < 1.29 is 48.9 Å². The maximum atomic E-state index is 12.8. The number of carbonyl (C=O) groups excluding carboxylic acids is 4. The molecule has 0 bridgehead atoms. The summed E-state index contributed by atoms with van der Waals surface area (Å²) < 4.78 is 0.